The van der Waals surface area contributed by atoms with Gasteiger partial charge in [0.15, 0.2) is 11.4 Å². The third-order valence-electron chi connectivity index (χ3n) is 2.09. The zero-order chi connectivity index (χ0) is 13.8. The summed E-state index contributed by atoms with van der Waals surface area (Å²) in [4.78, 5) is 4.16. The van der Waals surface area contributed by atoms with Crippen molar-refractivity contribution in [1.29, 1.82) is 5.26 Å². The summed E-state index contributed by atoms with van der Waals surface area (Å²) >= 11 is 1.25. The van der Waals surface area contributed by atoms with Gasteiger partial charge >= 0.3 is 0 Å². The molecule has 0 aromatic heterocycles. The summed E-state index contributed by atoms with van der Waals surface area (Å²) in [7, 11) is -3.76. The van der Waals surface area contributed by atoms with Crippen molar-refractivity contribution >= 4 is 32.6 Å². The number of amidine groups is 1. The Labute approximate surface area is 110 Å². The summed E-state index contributed by atoms with van der Waals surface area (Å²) in [5.74, 6) is 0. The van der Waals surface area contributed by atoms with Gasteiger partial charge in [-0.3, -0.25) is 5.32 Å². The average Bonchev–Trinajstić information content (AvgIpc) is 2.29. The molecule has 0 atom stereocenters. The minimum absolute atomic E-state index is 0.00994. The van der Waals surface area contributed by atoms with Gasteiger partial charge in [-0.25, -0.2) is 18.5 Å². The number of hydrogen-bond acceptors (Lipinski definition) is 5. The van der Waals surface area contributed by atoms with E-state index in [0.717, 1.165) is 5.56 Å². The number of aliphatic imine (C=N–C) groups is 1. The lowest BCUT2D eigenvalue weighted by atomic mass is 10.2. The first-order valence-corrected chi connectivity index (χ1v) is 7.57. The summed E-state index contributed by atoms with van der Waals surface area (Å²) in [6.07, 6.45) is 3.51. The van der Waals surface area contributed by atoms with Crippen molar-refractivity contribution in [2.45, 2.75) is 11.8 Å². The molecule has 96 valence electrons. The van der Waals surface area contributed by atoms with Gasteiger partial charge in [0.25, 0.3) is 0 Å². The zero-order valence-electron chi connectivity index (χ0n) is 9.84. The number of primary sulfonamides is 1. The lowest BCUT2D eigenvalue weighted by Crippen LogP contribution is -2.13. The summed E-state index contributed by atoms with van der Waals surface area (Å²) in [5, 5.41) is 16.4. The molecular formula is C10H12N4O2S2. The molecule has 0 aliphatic heterocycles. The summed E-state index contributed by atoms with van der Waals surface area (Å²) < 4.78 is 22.5. The number of nitriles is 1. The van der Waals surface area contributed by atoms with Crippen LogP contribution < -0.4 is 10.5 Å². The number of nitrogens with two attached hydrogens (primary N) is 1. The van der Waals surface area contributed by atoms with Crippen molar-refractivity contribution < 1.29 is 8.42 Å². The largest absolute Gasteiger partial charge is 0.271 e. The maximum atomic E-state index is 11.2. The van der Waals surface area contributed by atoms with Crippen molar-refractivity contribution in [2.24, 2.45) is 10.1 Å². The lowest BCUT2D eigenvalue weighted by molar-refractivity contribution is 0.598. The maximum absolute atomic E-state index is 11.2. The molecule has 0 saturated carbocycles. The fourth-order valence-electron chi connectivity index (χ4n) is 1.17. The summed E-state index contributed by atoms with van der Waals surface area (Å²) in [6.45, 7) is 1.79. The Balaban J connectivity index is 3.29. The average molecular weight is 284 g/mol. The van der Waals surface area contributed by atoms with Gasteiger partial charge in [0.05, 0.1) is 10.6 Å². The highest BCUT2D eigenvalue weighted by atomic mass is 32.2. The van der Waals surface area contributed by atoms with Crippen LogP contribution in [0.3, 0.4) is 0 Å². The van der Waals surface area contributed by atoms with Gasteiger partial charge in [-0.1, -0.05) is 17.8 Å². The maximum Gasteiger partial charge on any atom is 0.238 e. The molecule has 0 heterocycles. The van der Waals surface area contributed by atoms with Gasteiger partial charge in [0, 0.05) is 0 Å². The van der Waals surface area contributed by atoms with Crippen molar-refractivity contribution in [3.05, 3.63) is 23.8 Å². The molecule has 1 rings (SSSR count). The van der Waals surface area contributed by atoms with E-state index < -0.39 is 10.0 Å². The van der Waals surface area contributed by atoms with Crippen LogP contribution in [0, 0.1) is 18.4 Å². The van der Waals surface area contributed by atoms with Crippen LogP contribution >= 0.6 is 11.8 Å². The van der Waals surface area contributed by atoms with Gasteiger partial charge in [-0.05, 0) is 30.9 Å². The van der Waals surface area contributed by atoms with Gasteiger partial charge in [0.1, 0.15) is 0 Å². The van der Waals surface area contributed by atoms with Crippen LogP contribution in [0.15, 0.2) is 28.1 Å². The van der Waals surface area contributed by atoms with Gasteiger partial charge in [-0.15, -0.1) is 0 Å². The molecule has 0 spiro atoms. The lowest BCUT2D eigenvalue weighted by Gasteiger charge is -2.05. The summed E-state index contributed by atoms with van der Waals surface area (Å²) in [5.41, 5.74) is 1.24. The van der Waals surface area contributed by atoms with Crippen molar-refractivity contribution in [1.82, 2.24) is 5.32 Å². The molecule has 0 saturated heterocycles. The molecule has 0 radical (unpaired) electrons. The first-order valence-electron chi connectivity index (χ1n) is 4.79. The van der Waals surface area contributed by atoms with E-state index in [9.17, 15) is 8.42 Å². The molecule has 0 amide bonds. The molecule has 1 aromatic carbocycles. The van der Waals surface area contributed by atoms with E-state index in [1.54, 1.807) is 25.4 Å². The number of rotatable bonds is 2. The molecular weight excluding hydrogens is 272 g/mol. The Morgan fingerprint density at radius 1 is 1.56 bits per heavy atom. The van der Waals surface area contributed by atoms with Crippen molar-refractivity contribution in [2.75, 3.05) is 6.26 Å². The normalized spacial score (nSPS) is 12.0. The van der Waals surface area contributed by atoms with E-state index in [0.29, 0.717) is 10.9 Å². The summed E-state index contributed by atoms with van der Waals surface area (Å²) in [6, 6.07) is 4.41. The fraction of sp³-hybridized carbons (Fsp3) is 0.200. The number of benzene rings is 1. The van der Waals surface area contributed by atoms with Gasteiger partial charge in [-0.2, -0.15) is 5.26 Å². The SMILES string of the molecule is CSC(=Nc1cc(S(N)(=O)=O)ccc1C)NC#N. The second-order valence-corrected chi connectivity index (χ2v) is 5.71. The number of nitrogens with zero attached hydrogens (tertiary/aromatic N) is 2. The Kier molecular flexibility index (Phi) is 4.72. The third-order valence-corrected chi connectivity index (χ3v) is 3.58. The number of sulfonamides is 1. The minimum Gasteiger partial charge on any atom is -0.271 e. The quantitative estimate of drug-likeness (QED) is 0.365. The van der Waals surface area contributed by atoms with Crippen LogP contribution in [-0.2, 0) is 10.0 Å². The highest BCUT2D eigenvalue weighted by molar-refractivity contribution is 8.13. The zero-order valence-corrected chi connectivity index (χ0v) is 11.5. The monoisotopic (exact) mass is 284 g/mol. The molecule has 8 heteroatoms. The van der Waals surface area contributed by atoms with Crippen LogP contribution in [0.4, 0.5) is 5.69 Å². The van der Waals surface area contributed by atoms with E-state index in [1.165, 1.54) is 23.9 Å². The Hall–Kier alpha value is -1.56. The first-order chi connectivity index (χ1) is 8.38. The van der Waals surface area contributed by atoms with E-state index >= 15 is 0 Å². The van der Waals surface area contributed by atoms with Crippen LogP contribution in [-0.4, -0.2) is 19.8 Å². The standard InChI is InChI=1S/C10H12N4O2S2/c1-7-3-4-8(18(12,15)16)5-9(7)14-10(17-2)13-6-11/h3-5H,1-2H3,(H,13,14)(H2,12,15,16). The van der Waals surface area contributed by atoms with E-state index in [-0.39, 0.29) is 4.90 Å². The highest BCUT2D eigenvalue weighted by Crippen LogP contribution is 2.23. The minimum atomic E-state index is -3.76. The molecule has 3 N–H and O–H groups in total. The third kappa shape index (κ3) is 3.73. The van der Waals surface area contributed by atoms with Crippen LogP contribution in [0.5, 0.6) is 0 Å². The second kappa shape index (κ2) is 5.86. The number of hydrogen-bond donors (Lipinski definition) is 2. The Morgan fingerprint density at radius 2 is 2.22 bits per heavy atom. The highest BCUT2D eigenvalue weighted by Gasteiger charge is 2.10. The number of nitrogens with one attached hydrogen (secondary N) is 1. The molecule has 0 aliphatic carbocycles. The topological polar surface area (TPSA) is 108 Å². The smallest absolute Gasteiger partial charge is 0.238 e. The predicted molar refractivity (Wildman–Crippen MR) is 71.9 cm³/mol. The molecule has 1 aromatic rings. The molecule has 0 aliphatic rings. The Morgan fingerprint density at radius 3 is 2.72 bits per heavy atom. The molecule has 0 fully saturated rings. The fourth-order valence-corrected chi connectivity index (χ4v) is 2.04. The second-order valence-electron chi connectivity index (χ2n) is 3.35. The van der Waals surface area contributed by atoms with Crippen molar-refractivity contribution in [3.63, 3.8) is 0 Å². The first kappa shape index (κ1) is 14.5. The number of thioether (sulfide) groups is 1. The molecule has 0 unspecified atom stereocenters. The molecule has 0 bridgehead atoms. The van der Waals surface area contributed by atoms with E-state index in [4.69, 9.17) is 10.4 Å². The molecule has 18 heavy (non-hydrogen) atoms. The van der Waals surface area contributed by atoms with Gasteiger partial charge < -0.3 is 0 Å². The van der Waals surface area contributed by atoms with Gasteiger partial charge in [0.2, 0.25) is 10.0 Å². The molecule has 6 nitrogen and oxygen atoms in total. The Bertz CT molecular complexity index is 617. The van der Waals surface area contributed by atoms with Crippen molar-refractivity contribution in [3.8, 4) is 6.19 Å². The van der Waals surface area contributed by atoms with Crippen LogP contribution in [0.1, 0.15) is 5.56 Å². The van der Waals surface area contributed by atoms with Crippen LogP contribution in [0.2, 0.25) is 0 Å². The number of aryl methyl sites for hydroxylation is 1. The van der Waals surface area contributed by atoms with Crippen LogP contribution in [0.25, 0.3) is 0 Å². The van der Waals surface area contributed by atoms with E-state index in [2.05, 4.69) is 10.3 Å². The van der Waals surface area contributed by atoms with E-state index in [1.807, 2.05) is 0 Å². The predicted octanol–water partition coefficient (Wildman–Crippen LogP) is 1.06.